The molecule has 0 aromatic carbocycles. The number of aliphatic carboxylic acids is 1. The SMILES string of the molecule is CCC[C@H](NC(=O)NC(C)C)C(=O)O. The van der Waals surface area contributed by atoms with Crippen molar-refractivity contribution in [2.24, 2.45) is 0 Å². The lowest BCUT2D eigenvalue weighted by molar-refractivity contribution is -0.139. The second-order valence-corrected chi connectivity index (χ2v) is 3.45. The standard InChI is InChI=1S/C9H18N2O3/c1-4-5-7(8(12)13)11-9(14)10-6(2)3/h6-7H,4-5H2,1-3H3,(H,12,13)(H2,10,11,14)/t7-/m0/s1. The fourth-order valence-corrected chi connectivity index (χ4v) is 1.01. The summed E-state index contributed by atoms with van der Waals surface area (Å²) in [6.07, 6.45) is 1.17. The second kappa shape index (κ2) is 6.23. The fraction of sp³-hybridized carbons (Fsp3) is 0.778. The third-order valence-corrected chi connectivity index (χ3v) is 1.60. The predicted octanol–water partition coefficient (Wildman–Crippen LogP) is 0.947. The van der Waals surface area contributed by atoms with Crippen molar-refractivity contribution >= 4 is 12.0 Å². The van der Waals surface area contributed by atoms with E-state index in [0.717, 1.165) is 6.42 Å². The maximum absolute atomic E-state index is 11.2. The van der Waals surface area contributed by atoms with Gasteiger partial charge in [0.25, 0.3) is 0 Å². The van der Waals surface area contributed by atoms with Gasteiger partial charge < -0.3 is 15.7 Å². The Morgan fingerprint density at radius 3 is 2.21 bits per heavy atom. The van der Waals surface area contributed by atoms with E-state index in [2.05, 4.69) is 10.6 Å². The Morgan fingerprint density at radius 1 is 1.29 bits per heavy atom. The highest BCUT2D eigenvalue weighted by Crippen LogP contribution is 1.96. The Balaban J connectivity index is 4.02. The molecule has 0 aliphatic rings. The van der Waals surface area contributed by atoms with Gasteiger partial charge in [-0.05, 0) is 20.3 Å². The molecule has 0 spiro atoms. The lowest BCUT2D eigenvalue weighted by Gasteiger charge is -2.15. The van der Waals surface area contributed by atoms with Crippen molar-refractivity contribution in [3.63, 3.8) is 0 Å². The molecule has 0 aliphatic carbocycles. The Kier molecular flexibility index (Phi) is 5.67. The van der Waals surface area contributed by atoms with E-state index in [-0.39, 0.29) is 6.04 Å². The fourth-order valence-electron chi connectivity index (χ4n) is 1.01. The Bertz CT molecular complexity index is 204. The largest absolute Gasteiger partial charge is 0.480 e. The normalized spacial score (nSPS) is 12.3. The van der Waals surface area contributed by atoms with Gasteiger partial charge in [0.2, 0.25) is 0 Å². The molecule has 0 heterocycles. The maximum atomic E-state index is 11.2. The molecule has 82 valence electrons. The van der Waals surface area contributed by atoms with Gasteiger partial charge in [-0.15, -0.1) is 0 Å². The van der Waals surface area contributed by atoms with Crippen LogP contribution in [0.5, 0.6) is 0 Å². The molecule has 5 nitrogen and oxygen atoms in total. The molecule has 0 saturated carbocycles. The summed E-state index contributed by atoms with van der Waals surface area (Å²) in [4.78, 5) is 21.8. The van der Waals surface area contributed by atoms with Crippen LogP contribution >= 0.6 is 0 Å². The topological polar surface area (TPSA) is 78.4 Å². The number of carboxylic acids is 1. The van der Waals surface area contributed by atoms with Crippen LogP contribution in [0.1, 0.15) is 33.6 Å². The highest BCUT2D eigenvalue weighted by Gasteiger charge is 2.18. The van der Waals surface area contributed by atoms with Crippen molar-refractivity contribution in [1.82, 2.24) is 10.6 Å². The Hall–Kier alpha value is -1.26. The van der Waals surface area contributed by atoms with Gasteiger partial charge >= 0.3 is 12.0 Å². The average Bonchev–Trinajstić information content (AvgIpc) is 2.01. The maximum Gasteiger partial charge on any atom is 0.326 e. The van der Waals surface area contributed by atoms with E-state index in [9.17, 15) is 9.59 Å². The molecule has 2 amide bonds. The smallest absolute Gasteiger partial charge is 0.326 e. The molecule has 3 N–H and O–H groups in total. The van der Waals surface area contributed by atoms with Gasteiger partial charge in [0.1, 0.15) is 6.04 Å². The first-order valence-electron chi connectivity index (χ1n) is 4.77. The van der Waals surface area contributed by atoms with Crippen molar-refractivity contribution in [3.05, 3.63) is 0 Å². The average molecular weight is 202 g/mol. The van der Waals surface area contributed by atoms with Crippen LogP contribution in [0, 0.1) is 0 Å². The van der Waals surface area contributed by atoms with Gasteiger partial charge in [0, 0.05) is 6.04 Å². The van der Waals surface area contributed by atoms with E-state index >= 15 is 0 Å². The highest BCUT2D eigenvalue weighted by atomic mass is 16.4. The molecule has 0 fully saturated rings. The number of carbonyl (C=O) groups excluding carboxylic acids is 1. The first-order valence-corrected chi connectivity index (χ1v) is 4.77. The van der Waals surface area contributed by atoms with Crippen molar-refractivity contribution in [3.8, 4) is 0 Å². The first kappa shape index (κ1) is 12.7. The number of rotatable bonds is 5. The number of hydrogen-bond donors (Lipinski definition) is 3. The van der Waals surface area contributed by atoms with Crippen LogP contribution in [0.15, 0.2) is 0 Å². The minimum absolute atomic E-state index is 0.00562. The molecule has 5 heteroatoms. The molecule has 0 unspecified atom stereocenters. The predicted molar refractivity (Wildman–Crippen MR) is 53.1 cm³/mol. The van der Waals surface area contributed by atoms with Gasteiger partial charge in [-0.25, -0.2) is 9.59 Å². The zero-order valence-corrected chi connectivity index (χ0v) is 8.83. The van der Waals surface area contributed by atoms with Crippen molar-refractivity contribution < 1.29 is 14.7 Å². The van der Waals surface area contributed by atoms with Crippen LogP contribution in [0.25, 0.3) is 0 Å². The number of nitrogens with one attached hydrogen (secondary N) is 2. The number of urea groups is 1. The van der Waals surface area contributed by atoms with Crippen LogP contribution in [-0.4, -0.2) is 29.2 Å². The Morgan fingerprint density at radius 2 is 1.86 bits per heavy atom. The van der Waals surface area contributed by atoms with E-state index in [0.29, 0.717) is 6.42 Å². The number of carbonyl (C=O) groups is 2. The number of amides is 2. The minimum atomic E-state index is -0.995. The summed E-state index contributed by atoms with van der Waals surface area (Å²) in [5, 5.41) is 13.7. The van der Waals surface area contributed by atoms with E-state index in [1.54, 1.807) is 0 Å². The van der Waals surface area contributed by atoms with Gasteiger partial charge in [0.15, 0.2) is 0 Å². The lowest BCUT2D eigenvalue weighted by atomic mass is 10.2. The molecule has 0 bridgehead atoms. The molecule has 0 radical (unpaired) electrons. The molecule has 0 saturated heterocycles. The van der Waals surface area contributed by atoms with Crippen molar-refractivity contribution in [1.29, 1.82) is 0 Å². The number of hydrogen-bond acceptors (Lipinski definition) is 2. The van der Waals surface area contributed by atoms with Crippen molar-refractivity contribution in [2.45, 2.75) is 45.7 Å². The van der Waals surface area contributed by atoms with E-state index in [1.165, 1.54) is 0 Å². The lowest BCUT2D eigenvalue weighted by Crippen LogP contribution is -2.47. The summed E-state index contributed by atoms with van der Waals surface area (Å²) in [5.74, 6) is -0.995. The van der Waals surface area contributed by atoms with Gasteiger partial charge in [-0.1, -0.05) is 13.3 Å². The van der Waals surface area contributed by atoms with E-state index in [4.69, 9.17) is 5.11 Å². The highest BCUT2D eigenvalue weighted by molar-refractivity contribution is 5.82. The third kappa shape index (κ3) is 5.40. The molecular weight excluding hydrogens is 184 g/mol. The zero-order valence-electron chi connectivity index (χ0n) is 8.83. The van der Waals surface area contributed by atoms with Crippen LogP contribution in [-0.2, 0) is 4.79 Å². The van der Waals surface area contributed by atoms with Gasteiger partial charge in [-0.3, -0.25) is 0 Å². The molecule has 0 aliphatic heterocycles. The van der Waals surface area contributed by atoms with Gasteiger partial charge in [-0.2, -0.15) is 0 Å². The molecular formula is C9H18N2O3. The van der Waals surface area contributed by atoms with Crippen LogP contribution in [0.2, 0.25) is 0 Å². The molecule has 1 atom stereocenters. The molecule has 14 heavy (non-hydrogen) atoms. The number of carboxylic acid groups (broad SMARTS) is 1. The van der Waals surface area contributed by atoms with Crippen LogP contribution < -0.4 is 10.6 Å². The molecule has 0 aromatic heterocycles. The Labute approximate surface area is 83.9 Å². The summed E-state index contributed by atoms with van der Waals surface area (Å²) in [7, 11) is 0. The third-order valence-electron chi connectivity index (χ3n) is 1.60. The minimum Gasteiger partial charge on any atom is -0.480 e. The van der Waals surface area contributed by atoms with Crippen LogP contribution in [0.4, 0.5) is 4.79 Å². The quantitative estimate of drug-likeness (QED) is 0.621. The summed E-state index contributed by atoms with van der Waals surface area (Å²) >= 11 is 0. The summed E-state index contributed by atoms with van der Waals surface area (Å²) in [6.45, 7) is 5.50. The molecule has 0 aromatic rings. The summed E-state index contributed by atoms with van der Waals surface area (Å²) in [5.41, 5.74) is 0. The zero-order chi connectivity index (χ0) is 11.1. The van der Waals surface area contributed by atoms with E-state index < -0.39 is 18.0 Å². The van der Waals surface area contributed by atoms with E-state index in [1.807, 2.05) is 20.8 Å². The molecule has 0 rings (SSSR count). The monoisotopic (exact) mass is 202 g/mol. The summed E-state index contributed by atoms with van der Waals surface area (Å²) in [6, 6.07) is -1.22. The van der Waals surface area contributed by atoms with Gasteiger partial charge in [0.05, 0.1) is 0 Å². The summed E-state index contributed by atoms with van der Waals surface area (Å²) < 4.78 is 0. The van der Waals surface area contributed by atoms with Crippen molar-refractivity contribution in [2.75, 3.05) is 0 Å². The first-order chi connectivity index (χ1) is 6.47. The second-order valence-electron chi connectivity index (χ2n) is 3.45. The van der Waals surface area contributed by atoms with Crippen LogP contribution in [0.3, 0.4) is 0 Å².